The first-order valence-electron chi connectivity index (χ1n) is 9.67. The molecule has 1 aliphatic heterocycles. The number of benzene rings is 2. The summed E-state index contributed by atoms with van der Waals surface area (Å²) in [4.78, 5) is 27.1. The van der Waals surface area contributed by atoms with E-state index in [1.54, 1.807) is 18.1 Å². The van der Waals surface area contributed by atoms with Gasteiger partial charge in [0.05, 0.1) is 12.8 Å². The van der Waals surface area contributed by atoms with Crippen LogP contribution in [0.2, 0.25) is 0 Å². The van der Waals surface area contributed by atoms with Crippen LogP contribution in [0, 0.1) is 6.92 Å². The van der Waals surface area contributed by atoms with Gasteiger partial charge < -0.3 is 9.64 Å². The molecule has 0 unspecified atom stereocenters. The highest BCUT2D eigenvalue weighted by molar-refractivity contribution is 5.94. The van der Waals surface area contributed by atoms with Crippen molar-refractivity contribution in [2.45, 2.75) is 26.3 Å². The summed E-state index contributed by atoms with van der Waals surface area (Å²) in [6.07, 6.45) is 1.88. The third kappa shape index (κ3) is 3.92. The number of hydrogen-bond acceptors (Lipinski definition) is 4. The van der Waals surface area contributed by atoms with Gasteiger partial charge in [0.1, 0.15) is 12.3 Å². The minimum absolute atomic E-state index is 0.0872. The zero-order valence-corrected chi connectivity index (χ0v) is 16.6. The van der Waals surface area contributed by atoms with Crippen LogP contribution in [0.15, 0.2) is 59.4 Å². The first-order chi connectivity index (χ1) is 14.0. The quantitative estimate of drug-likeness (QED) is 0.687. The number of rotatable bonds is 4. The van der Waals surface area contributed by atoms with Gasteiger partial charge in [0.15, 0.2) is 0 Å². The van der Waals surface area contributed by atoms with Crippen LogP contribution in [0.25, 0.3) is 11.3 Å². The molecule has 0 radical (unpaired) electrons. The topological polar surface area (TPSA) is 64.4 Å². The fraction of sp³-hybridized carbons (Fsp3) is 0.261. The Morgan fingerprint density at radius 1 is 1.10 bits per heavy atom. The summed E-state index contributed by atoms with van der Waals surface area (Å²) in [7, 11) is 1.61. The van der Waals surface area contributed by atoms with Gasteiger partial charge in [-0.15, -0.1) is 0 Å². The number of ether oxygens (including phenoxy) is 1. The maximum atomic E-state index is 13.0. The molecule has 148 valence electrons. The highest BCUT2D eigenvalue weighted by Crippen LogP contribution is 2.28. The number of methoxy groups -OCH3 is 1. The lowest BCUT2D eigenvalue weighted by atomic mass is 9.99. The molecule has 0 fully saturated rings. The smallest absolute Gasteiger partial charge is 0.267 e. The minimum Gasteiger partial charge on any atom is -0.497 e. The molecule has 0 saturated carbocycles. The number of carbonyl (C=O) groups is 1. The summed E-state index contributed by atoms with van der Waals surface area (Å²) in [5, 5.41) is 4.42. The van der Waals surface area contributed by atoms with E-state index >= 15 is 0 Å². The summed E-state index contributed by atoms with van der Waals surface area (Å²) < 4.78 is 6.42. The van der Waals surface area contributed by atoms with E-state index in [1.807, 2.05) is 36.4 Å². The number of fused-ring (bicyclic) bond motifs is 1. The lowest BCUT2D eigenvalue weighted by Crippen LogP contribution is -2.40. The van der Waals surface area contributed by atoms with Crippen LogP contribution < -0.4 is 15.2 Å². The molecule has 2 heterocycles. The van der Waals surface area contributed by atoms with Crippen LogP contribution in [-0.2, 0) is 17.8 Å². The van der Waals surface area contributed by atoms with Crippen molar-refractivity contribution < 1.29 is 9.53 Å². The Bertz CT molecular complexity index is 1100. The van der Waals surface area contributed by atoms with Crippen LogP contribution in [0.1, 0.15) is 17.5 Å². The van der Waals surface area contributed by atoms with Gasteiger partial charge in [-0.3, -0.25) is 9.59 Å². The van der Waals surface area contributed by atoms with Crippen molar-refractivity contribution in [3.63, 3.8) is 0 Å². The Morgan fingerprint density at radius 2 is 1.90 bits per heavy atom. The van der Waals surface area contributed by atoms with Crippen molar-refractivity contribution in [2.24, 2.45) is 0 Å². The molecule has 0 atom stereocenters. The highest BCUT2D eigenvalue weighted by Gasteiger charge is 2.23. The number of aryl methyl sites for hydroxylation is 2. The van der Waals surface area contributed by atoms with E-state index in [9.17, 15) is 9.59 Å². The zero-order chi connectivity index (χ0) is 20.4. The van der Waals surface area contributed by atoms with Crippen LogP contribution in [-0.4, -0.2) is 29.3 Å². The van der Waals surface area contributed by atoms with Crippen molar-refractivity contribution in [3.8, 4) is 17.0 Å². The molecule has 0 aliphatic carbocycles. The van der Waals surface area contributed by atoms with Gasteiger partial charge in [-0.05, 0) is 61.7 Å². The molecule has 4 rings (SSSR count). The second kappa shape index (κ2) is 7.91. The fourth-order valence-electron chi connectivity index (χ4n) is 3.68. The number of amides is 1. The second-order valence-electron chi connectivity index (χ2n) is 7.22. The van der Waals surface area contributed by atoms with E-state index in [1.165, 1.54) is 21.9 Å². The summed E-state index contributed by atoms with van der Waals surface area (Å²) >= 11 is 0. The van der Waals surface area contributed by atoms with Gasteiger partial charge in [0.2, 0.25) is 5.91 Å². The number of aromatic nitrogens is 2. The fourth-order valence-corrected chi connectivity index (χ4v) is 3.68. The molecule has 0 N–H and O–H groups in total. The number of carbonyl (C=O) groups excluding carboxylic acids is 1. The van der Waals surface area contributed by atoms with Crippen molar-refractivity contribution in [2.75, 3.05) is 18.6 Å². The normalized spacial score (nSPS) is 13.1. The van der Waals surface area contributed by atoms with Crippen molar-refractivity contribution in [1.82, 2.24) is 9.78 Å². The highest BCUT2D eigenvalue weighted by atomic mass is 16.5. The van der Waals surface area contributed by atoms with Crippen LogP contribution in [0.5, 0.6) is 5.75 Å². The molecule has 6 nitrogen and oxygen atoms in total. The van der Waals surface area contributed by atoms with Crippen molar-refractivity contribution in [1.29, 1.82) is 0 Å². The Kier molecular flexibility index (Phi) is 5.16. The molecule has 2 aromatic carbocycles. The Labute approximate surface area is 169 Å². The third-order valence-electron chi connectivity index (χ3n) is 5.19. The Balaban J connectivity index is 1.60. The van der Waals surface area contributed by atoms with Crippen molar-refractivity contribution in [3.05, 3.63) is 76.1 Å². The lowest BCUT2D eigenvalue weighted by molar-refractivity contribution is -0.119. The summed E-state index contributed by atoms with van der Waals surface area (Å²) in [6, 6.07) is 16.7. The predicted octanol–water partition coefficient (Wildman–Crippen LogP) is 3.21. The standard InChI is InChI=1S/C23H23N3O3/c1-16-5-11-21-18(14-16)4-3-13-25(21)23(28)15-26-22(27)12-10-20(24-26)17-6-8-19(29-2)9-7-17/h5-12,14H,3-4,13,15H2,1-2H3. The number of anilines is 1. The van der Waals surface area contributed by atoms with Gasteiger partial charge >= 0.3 is 0 Å². The first kappa shape index (κ1) is 18.9. The summed E-state index contributed by atoms with van der Waals surface area (Å²) in [6.45, 7) is 2.62. The Morgan fingerprint density at radius 3 is 2.66 bits per heavy atom. The molecular weight excluding hydrogens is 366 g/mol. The van der Waals surface area contributed by atoms with E-state index in [0.717, 1.165) is 29.8 Å². The van der Waals surface area contributed by atoms with Gasteiger partial charge in [0, 0.05) is 23.9 Å². The molecule has 6 heteroatoms. The monoisotopic (exact) mass is 389 g/mol. The maximum Gasteiger partial charge on any atom is 0.267 e. The molecule has 1 aliphatic rings. The van der Waals surface area contributed by atoms with E-state index in [2.05, 4.69) is 18.1 Å². The third-order valence-corrected chi connectivity index (χ3v) is 5.19. The zero-order valence-electron chi connectivity index (χ0n) is 16.6. The maximum absolute atomic E-state index is 13.0. The Hall–Kier alpha value is -3.41. The minimum atomic E-state index is -0.295. The SMILES string of the molecule is COc1ccc(-c2ccc(=O)n(CC(=O)N3CCCc4cc(C)ccc43)n2)cc1. The first-order valence-corrected chi connectivity index (χ1v) is 9.67. The number of hydrogen-bond donors (Lipinski definition) is 0. The van der Waals surface area contributed by atoms with E-state index < -0.39 is 0 Å². The molecule has 0 saturated heterocycles. The second-order valence-corrected chi connectivity index (χ2v) is 7.22. The molecule has 29 heavy (non-hydrogen) atoms. The largest absolute Gasteiger partial charge is 0.497 e. The van der Waals surface area contributed by atoms with Gasteiger partial charge in [-0.1, -0.05) is 17.7 Å². The van der Waals surface area contributed by atoms with Crippen LogP contribution in [0.4, 0.5) is 5.69 Å². The van der Waals surface area contributed by atoms with Gasteiger partial charge in [-0.2, -0.15) is 5.10 Å². The average molecular weight is 389 g/mol. The molecular formula is C23H23N3O3. The van der Waals surface area contributed by atoms with E-state index in [-0.39, 0.29) is 18.0 Å². The van der Waals surface area contributed by atoms with Gasteiger partial charge in [0.25, 0.3) is 5.56 Å². The summed E-state index contributed by atoms with van der Waals surface area (Å²) in [5.74, 6) is 0.618. The molecule has 1 amide bonds. The number of nitrogens with zero attached hydrogens (tertiary/aromatic N) is 3. The van der Waals surface area contributed by atoms with Crippen LogP contribution in [0.3, 0.4) is 0 Å². The van der Waals surface area contributed by atoms with Gasteiger partial charge in [-0.25, -0.2) is 4.68 Å². The van der Waals surface area contributed by atoms with E-state index in [0.29, 0.717) is 12.2 Å². The van der Waals surface area contributed by atoms with Crippen LogP contribution >= 0.6 is 0 Å². The average Bonchev–Trinajstić information content (AvgIpc) is 2.74. The van der Waals surface area contributed by atoms with Crippen molar-refractivity contribution >= 4 is 11.6 Å². The molecule has 3 aromatic rings. The molecule has 1 aromatic heterocycles. The lowest BCUT2D eigenvalue weighted by Gasteiger charge is -2.30. The molecule has 0 bridgehead atoms. The summed E-state index contributed by atoms with van der Waals surface area (Å²) in [5.41, 5.74) is 4.49. The molecule has 0 spiro atoms. The predicted molar refractivity (Wildman–Crippen MR) is 112 cm³/mol. The van der Waals surface area contributed by atoms with E-state index in [4.69, 9.17) is 4.74 Å².